The summed E-state index contributed by atoms with van der Waals surface area (Å²) < 4.78 is 0. The average molecular weight is 418 g/mol. The highest BCUT2D eigenvalue weighted by molar-refractivity contribution is 7.15. The number of thiophene rings is 1. The van der Waals surface area contributed by atoms with E-state index < -0.39 is 0 Å². The Morgan fingerprint density at radius 3 is 2.76 bits per heavy atom. The topological polar surface area (TPSA) is 59.2 Å². The molecule has 0 bridgehead atoms. The lowest BCUT2D eigenvalue weighted by Crippen LogP contribution is -2.37. The first-order valence-electron chi connectivity index (χ1n) is 8.82. The summed E-state index contributed by atoms with van der Waals surface area (Å²) in [6.07, 6.45) is 1.75. The third kappa shape index (κ3) is 4.01. The lowest BCUT2D eigenvalue weighted by Gasteiger charge is -2.15. The largest absolute Gasteiger partial charge is 0.273 e. The van der Waals surface area contributed by atoms with Gasteiger partial charge in [-0.3, -0.25) is 9.78 Å². The monoisotopic (exact) mass is 417 g/mol. The highest BCUT2D eigenvalue weighted by atomic mass is 35.5. The number of benzene rings is 2. The van der Waals surface area contributed by atoms with Gasteiger partial charge in [-0.2, -0.15) is 0 Å². The molecule has 0 saturated carbocycles. The summed E-state index contributed by atoms with van der Waals surface area (Å²) in [7, 11) is 0. The van der Waals surface area contributed by atoms with Crippen LogP contribution in [0.4, 0.5) is 5.00 Å². The standard InChI is InChI=1S/C23H16ClN3OS/c1-15-6-8-19(22(28)27(25)23-20(24)10-11-29-23)13-17(15)9-7-16-12-18-4-2-3-5-21(18)26-14-16/h2-6,8,10-14H,25H2,1H3. The van der Waals surface area contributed by atoms with E-state index in [9.17, 15) is 4.79 Å². The third-order valence-electron chi connectivity index (χ3n) is 4.45. The summed E-state index contributed by atoms with van der Waals surface area (Å²) in [5.41, 5.74) is 3.92. The number of carbonyl (C=O) groups is 1. The van der Waals surface area contributed by atoms with E-state index in [1.54, 1.807) is 29.8 Å². The molecule has 1 amide bonds. The van der Waals surface area contributed by atoms with Gasteiger partial charge in [0.25, 0.3) is 5.91 Å². The van der Waals surface area contributed by atoms with Gasteiger partial charge in [0.1, 0.15) is 5.00 Å². The van der Waals surface area contributed by atoms with Crippen molar-refractivity contribution in [2.24, 2.45) is 5.84 Å². The second-order valence-electron chi connectivity index (χ2n) is 6.45. The van der Waals surface area contributed by atoms with E-state index >= 15 is 0 Å². The van der Waals surface area contributed by atoms with Crippen LogP contribution in [-0.2, 0) is 0 Å². The normalized spacial score (nSPS) is 10.4. The molecule has 0 spiro atoms. The Bertz CT molecular complexity index is 1290. The Morgan fingerprint density at radius 2 is 1.97 bits per heavy atom. The zero-order chi connectivity index (χ0) is 20.4. The van der Waals surface area contributed by atoms with E-state index in [1.807, 2.05) is 43.3 Å². The third-order valence-corrected chi connectivity index (χ3v) is 5.78. The molecule has 0 aliphatic heterocycles. The van der Waals surface area contributed by atoms with Gasteiger partial charge in [-0.25, -0.2) is 10.9 Å². The quantitative estimate of drug-likeness (QED) is 0.211. The Hall–Kier alpha value is -3.17. The van der Waals surface area contributed by atoms with Crippen LogP contribution in [0.1, 0.15) is 27.0 Å². The van der Waals surface area contributed by atoms with Crippen LogP contribution in [0.3, 0.4) is 0 Å². The average Bonchev–Trinajstić information content (AvgIpc) is 3.17. The van der Waals surface area contributed by atoms with Crippen LogP contribution in [0, 0.1) is 18.8 Å². The van der Waals surface area contributed by atoms with Gasteiger partial charge in [-0.1, -0.05) is 47.7 Å². The van der Waals surface area contributed by atoms with Gasteiger partial charge >= 0.3 is 0 Å². The number of fused-ring (bicyclic) bond motifs is 1. The number of carbonyl (C=O) groups excluding carboxylic acids is 1. The highest BCUT2D eigenvalue weighted by Gasteiger charge is 2.18. The minimum absolute atomic E-state index is 0.343. The van der Waals surface area contributed by atoms with Crippen molar-refractivity contribution in [1.29, 1.82) is 0 Å². The molecule has 2 aromatic carbocycles. The zero-order valence-corrected chi connectivity index (χ0v) is 17.1. The van der Waals surface area contributed by atoms with Crippen LogP contribution >= 0.6 is 22.9 Å². The van der Waals surface area contributed by atoms with Crippen molar-refractivity contribution in [2.45, 2.75) is 6.92 Å². The van der Waals surface area contributed by atoms with E-state index in [0.29, 0.717) is 15.6 Å². The molecule has 0 aliphatic carbocycles. The molecular formula is C23H16ClN3OS. The van der Waals surface area contributed by atoms with Crippen molar-refractivity contribution in [1.82, 2.24) is 4.98 Å². The van der Waals surface area contributed by atoms with Crippen LogP contribution in [0.2, 0.25) is 5.02 Å². The maximum atomic E-state index is 12.8. The maximum Gasteiger partial charge on any atom is 0.273 e. The molecule has 0 fully saturated rings. The fourth-order valence-corrected chi connectivity index (χ4v) is 3.93. The van der Waals surface area contributed by atoms with Crippen molar-refractivity contribution >= 4 is 44.7 Å². The molecule has 0 atom stereocenters. The molecule has 29 heavy (non-hydrogen) atoms. The number of para-hydroxylation sites is 1. The molecule has 2 aromatic heterocycles. The van der Waals surface area contributed by atoms with Gasteiger partial charge in [0.15, 0.2) is 0 Å². The van der Waals surface area contributed by atoms with E-state index in [4.69, 9.17) is 17.4 Å². The first-order valence-corrected chi connectivity index (χ1v) is 10.1. The van der Waals surface area contributed by atoms with Crippen molar-refractivity contribution in [3.63, 3.8) is 0 Å². The number of aromatic nitrogens is 1. The second-order valence-corrected chi connectivity index (χ2v) is 7.75. The van der Waals surface area contributed by atoms with Crippen molar-refractivity contribution in [3.8, 4) is 11.8 Å². The van der Waals surface area contributed by atoms with Crippen LogP contribution in [0.25, 0.3) is 10.9 Å². The van der Waals surface area contributed by atoms with E-state index in [2.05, 4.69) is 16.8 Å². The van der Waals surface area contributed by atoms with Gasteiger partial charge in [0, 0.05) is 28.3 Å². The number of hydrogen-bond donors (Lipinski definition) is 1. The van der Waals surface area contributed by atoms with E-state index in [-0.39, 0.29) is 5.91 Å². The maximum absolute atomic E-state index is 12.8. The minimum Gasteiger partial charge on any atom is -0.267 e. The summed E-state index contributed by atoms with van der Waals surface area (Å²) in [6, 6.07) is 16.9. The predicted molar refractivity (Wildman–Crippen MR) is 119 cm³/mol. The molecule has 4 aromatic rings. The van der Waals surface area contributed by atoms with Gasteiger partial charge in [-0.15, -0.1) is 11.3 Å². The van der Waals surface area contributed by atoms with Crippen LogP contribution in [0.15, 0.2) is 66.2 Å². The number of nitrogens with zero attached hydrogens (tertiary/aromatic N) is 2. The highest BCUT2D eigenvalue weighted by Crippen LogP contribution is 2.31. The number of aryl methyl sites for hydroxylation is 1. The number of anilines is 1. The van der Waals surface area contributed by atoms with Crippen LogP contribution in [-0.4, -0.2) is 10.9 Å². The molecule has 4 nitrogen and oxygen atoms in total. The predicted octanol–water partition coefficient (Wildman–Crippen LogP) is 5.18. The van der Waals surface area contributed by atoms with Gasteiger partial charge < -0.3 is 0 Å². The van der Waals surface area contributed by atoms with Crippen molar-refractivity contribution in [2.75, 3.05) is 5.01 Å². The van der Waals surface area contributed by atoms with Crippen molar-refractivity contribution in [3.05, 3.63) is 93.5 Å². The van der Waals surface area contributed by atoms with E-state index in [1.165, 1.54) is 11.3 Å². The second kappa shape index (κ2) is 8.06. The fraction of sp³-hybridized carbons (Fsp3) is 0.0435. The number of hydrazine groups is 1. The number of amides is 1. The number of halogens is 1. The molecule has 2 heterocycles. The van der Waals surface area contributed by atoms with Crippen molar-refractivity contribution < 1.29 is 4.79 Å². The van der Waals surface area contributed by atoms with Gasteiger partial charge in [0.2, 0.25) is 0 Å². The zero-order valence-electron chi connectivity index (χ0n) is 15.5. The molecule has 6 heteroatoms. The SMILES string of the molecule is Cc1ccc(C(=O)N(N)c2sccc2Cl)cc1C#Cc1cnc2ccccc2c1. The molecule has 142 valence electrons. The molecular weight excluding hydrogens is 402 g/mol. The number of hydrogen-bond acceptors (Lipinski definition) is 4. The number of nitrogens with two attached hydrogens (primary N) is 1. The van der Waals surface area contributed by atoms with Gasteiger partial charge in [-0.05, 0) is 48.2 Å². The molecule has 2 N–H and O–H groups in total. The summed E-state index contributed by atoms with van der Waals surface area (Å²) in [4.78, 5) is 17.2. The summed E-state index contributed by atoms with van der Waals surface area (Å²) in [5, 5.41) is 4.84. The summed E-state index contributed by atoms with van der Waals surface area (Å²) in [5.74, 6) is 11.9. The van der Waals surface area contributed by atoms with E-state index in [0.717, 1.165) is 32.6 Å². The number of rotatable bonds is 2. The lowest BCUT2D eigenvalue weighted by molar-refractivity contribution is 0.0987. The van der Waals surface area contributed by atoms with Crippen LogP contribution < -0.4 is 10.9 Å². The Morgan fingerprint density at radius 1 is 1.14 bits per heavy atom. The number of pyridine rings is 1. The fourth-order valence-electron chi connectivity index (χ4n) is 2.86. The summed E-state index contributed by atoms with van der Waals surface area (Å²) in [6.45, 7) is 1.95. The lowest BCUT2D eigenvalue weighted by atomic mass is 10.0. The molecule has 0 unspecified atom stereocenters. The smallest absolute Gasteiger partial charge is 0.267 e. The summed E-state index contributed by atoms with van der Waals surface area (Å²) >= 11 is 7.40. The molecule has 0 radical (unpaired) electrons. The molecule has 4 rings (SSSR count). The van der Waals surface area contributed by atoms with Gasteiger partial charge in [0.05, 0.1) is 10.5 Å². The Kier molecular flexibility index (Phi) is 5.32. The first kappa shape index (κ1) is 19.2. The Balaban J connectivity index is 1.64. The molecule has 0 aliphatic rings. The molecule has 0 saturated heterocycles. The minimum atomic E-state index is -0.343. The van der Waals surface area contributed by atoms with Crippen LogP contribution in [0.5, 0.6) is 0 Å². The first-order chi connectivity index (χ1) is 14.0. The Labute approximate surface area is 177 Å².